The van der Waals surface area contributed by atoms with Crippen molar-refractivity contribution in [2.45, 2.75) is 72.4 Å². The molecule has 3 aromatic rings. The van der Waals surface area contributed by atoms with Crippen molar-refractivity contribution < 1.29 is 0 Å². The smallest absolute Gasteiger partial charge is 0.0759 e. The molecule has 1 aliphatic heterocycles. The first kappa shape index (κ1) is 27.4. The molecular formula is C36H45N3. The van der Waals surface area contributed by atoms with Crippen LogP contribution < -0.4 is 10.6 Å². The first-order valence-electron chi connectivity index (χ1n) is 14.9. The zero-order chi connectivity index (χ0) is 27.5. The quantitative estimate of drug-likeness (QED) is 0.312. The topological polar surface area (TPSA) is 37.0 Å². The van der Waals surface area contributed by atoms with E-state index in [0.29, 0.717) is 23.7 Å². The molecular weight excluding hydrogens is 474 g/mol. The average Bonchev–Trinajstić information content (AvgIpc) is 2.95. The number of nitrogens with zero attached hydrogens (tertiary/aromatic N) is 1. The zero-order valence-corrected chi connectivity index (χ0v) is 24.5. The molecule has 0 bridgehead atoms. The molecule has 3 heteroatoms. The van der Waals surface area contributed by atoms with Gasteiger partial charge in [-0.3, -0.25) is 10.3 Å². The fourth-order valence-electron chi connectivity index (χ4n) is 6.40. The predicted octanol–water partition coefficient (Wildman–Crippen LogP) is 8.70. The maximum absolute atomic E-state index is 5.39. The molecule has 3 nitrogen and oxygen atoms in total. The average molecular weight is 520 g/mol. The molecule has 2 heterocycles. The van der Waals surface area contributed by atoms with Gasteiger partial charge in [-0.25, -0.2) is 0 Å². The van der Waals surface area contributed by atoms with Gasteiger partial charge in [0.1, 0.15) is 0 Å². The van der Waals surface area contributed by atoms with Gasteiger partial charge >= 0.3 is 0 Å². The zero-order valence-electron chi connectivity index (χ0n) is 24.5. The Hall–Kier alpha value is -3.17. The first-order chi connectivity index (χ1) is 18.8. The number of pyridine rings is 1. The second kappa shape index (κ2) is 11.9. The van der Waals surface area contributed by atoms with Crippen LogP contribution in [0, 0.1) is 17.8 Å². The Morgan fingerprint density at radius 3 is 2.36 bits per heavy atom. The van der Waals surface area contributed by atoms with Crippen molar-refractivity contribution >= 4 is 5.69 Å². The Morgan fingerprint density at radius 1 is 0.846 bits per heavy atom. The number of para-hydroxylation sites is 1. The van der Waals surface area contributed by atoms with Gasteiger partial charge in [-0.1, -0.05) is 114 Å². The lowest BCUT2D eigenvalue weighted by Gasteiger charge is -2.38. The van der Waals surface area contributed by atoms with Crippen LogP contribution in [-0.2, 0) is 6.42 Å². The van der Waals surface area contributed by atoms with E-state index in [1.165, 1.54) is 39.9 Å². The van der Waals surface area contributed by atoms with Gasteiger partial charge in [0.05, 0.1) is 17.4 Å². The van der Waals surface area contributed by atoms with Crippen molar-refractivity contribution in [3.8, 4) is 11.3 Å². The third kappa shape index (κ3) is 5.75. The molecule has 204 valence electrons. The summed E-state index contributed by atoms with van der Waals surface area (Å²) in [5.41, 5.74) is 10.1. The lowest BCUT2D eigenvalue weighted by molar-refractivity contribution is 0.328. The minimum Gasteiger partial charge on any atom is -0.384 e. The number of aryl methyl sites for hydroxylation is 1. The Morgan fingerprint density at radius 2 is 1.62 bits per heavy atom. The summed E-state index contributed by atoms with van der Waals surface area (Å²) < 4.78 is 0. The third-order valence-corrected chi connectivity index (χ3v) is 8.50. The number of anilines is 1. The lowest BCUT2D eigenvalue weighted by atomic mass is 9.77. The molecule has 1 aromatic heterocycles. The number of benzene rings is 2. The van der Waals surface area contributed by atoms with Gasteiger partial charge in [0, 0.05) is 23.8 Å². The summed E-state index contributed by atoms with van der Waals surface area (Å²) in [4.78, 5) is 5.39. The van der Waals surface area contributed by atoms with E-state index >= 15 is 0 Å². The molecule has 2 aromatic carbocycles. The highest BCUT2D eigenvalue weighted by molar-refractivity contribution is 5.79. The third-order valence-electron chi connectivity index (χ3n) is 8.50. The summed E-state index contributed by atoms with van der Waals surface area (Å²) in [6.45, 7) is 14.9. The molecule has 1 aliphatic carbocycles. The van der Waals surface area contributed by atoms with Gasteiger partial charge in [-0.05, 0) is 65.3 Å². The molecule has 0 spiro atoms. The Bertz CT molecular complexity index is 1350. The molecule has 3 atom stereocenters. The number of allylic oxidation sites excluding steroid dienone is 2. The van der Waals surface area contributed by atoms with Crippen LogP contribution in [0.25, 0.3) is 11.3 Å². The molecule has 0 radical (unpaired) electrons. The van der Waals surface area contributed by atoms with Gasteiger partial charge in [0.25, 0.3) is 0 Å². The van der Waals surface area contributed by atoms with E-state index in [1.54, 1.807) is 0 Å². The monoisotopic (exact) mass is 519 g/mol. The number of nitrogens with one attached hydrogen (secondary N) is 2. The van der Waals surface area contributed by atoms with Crippen molar-refractivity contribution in [1.82, 2.24) is 10.3 Å². The van der Waals surface area contributed by atoms with Crippen LogP contribution in [0.5, 0.6) is 0 Å². The Labute approximate surface area is 235 Å². The normalized spacial score (nSPS) is 19.7. The summed E-state index contributed by atoms with van der Waals surface area (Å²) in [6.07, 6.45) is 9.29. The van der Waals surface area contributed by atoms with Crippen LogP contribution in [0.4, 0.5) is 5.69 Å². The summed E-state index contributed by atoms with van der Waals surface area (Å²) >= 11 is 0. The molecule has 0 saturated heterocycles. The molecule has 2 N–H and O–H groups in total. The van der Waals surface area contributed by atoms with E-state index in [0.717, 1.165) is 24.4 Å². The minimum absolute atomic E-state index is 0.0176. The Balaban J connectivity index is 1.63. The molecule has 39 heavy (non-hydrogen) atoms. The standard InChI is InChI=1S/C36H45N3/c1-23(2)27-15-7-8-16-30(27)36(39-35-28(24(3)4)17-10-18-29(35)25(5)6)33-21-11-20-32(38-33)31-19-9-13-26-14-12-22-37-34(26)31/h7-11,13,15-21,23-25,28,35-37,39H,12,14,22H2,1-6H3/t28-,35?,36?/m0/s1. The van der Waals surface area contributed by atoms with Crippen LogP contribution >= 0.6 is 0 Å². The van der Waals surface area contributed by atoms with E-state index in [1.807, 2.05) is 0 Å². The fraction of sp³-hybridized carbons (Fsp3) is 0.417. The first-order valence-corrected chi connectivity index (χ1v) is 14.9. The van der Waals surface area contributed by atoms with Crippen LogP contribution in [0.15, 0.2) is 84.5 Å². The van der Waals surface area contributed by atoms with Crippen LogP contribution in [0.3, 0.4) is 0 Å². The van der Waals surface area contributed by atoms with Crippen LogP contribution in [0.2, 0.25) is 0 Å². The second-order valence-corrected chi connectivity index (χ2v) is 12.2. The summed E-state index contributed by atoms with van der Waals surface area (Å²) in [5.74, 6) is 1.85. The summed E-state index contributed by atoms with van der Waals surface area (Å²) in [7, 11) is 0. The number of aromatic nitrogens is 1. The minimum atomic E-state index is -0.0176. The van der Waals surface area contributed by atoms with Crippen molar-refractivity contribution in [2.75, 3.05) is 11.9 Å². The van der Waals surface area contributed by atoms with Crippen molar-refractivity contribution in [1.29, 1.82) is 0 Å². The Kier molecular flexibility index (Phi) is 8.37. The van der Waals surface area contributed by atoms with Gasteiger partial charge < -0.3 is 5.32 Å². The van der Waals surface area contributed by atoms with E-state index in [2.05, 4.69) is 131 Å². The van der Waals surface area contributed by atoms with Crippen molar-refractivity contribution in [3.63, 3.8) is 0 Å². The van der Waals surface area contributed by atoms with Crippen LogP contribution in [-0.4, -0.2) is 17.6 Å². The maximum atomic E-state index is 5.39. The van der Waals surface area contributed by atoms with Crippen LogP contribution in [0.1, 0.15) is 82.3 Å². The highest BCUT2D eigenvalue weighted by Crippen LogP contribution is 2.37. The number of rotatable bonds is 8. The van der Waals surface area contributed by atoms with Gasteiger partial charge in [0.2, 0.25) is 0 Å². The number of fused-ring (bicyclic) bond motifs is 1. The highest BCUT2D eigenvalue weighted by Gasteiger charge is 2.33. The molecule has 0 fully saturated rings. The van der Waals surface area contributed by atoms with E-state index in [9.17, 15) is 0 Å². The lowest BCUT2D eigenvalue weighted by Crippen LogP contribution is -2.44. The van der Waals surface area contributed by atoms with Crippen molar-refractivity contribution in [2.24, 2.45) is 17.8 Å². The highest BCUT2D eigenvalue weighted by atomic mass is 15.0. The second-order valence-electron chi connectivity index (χ2n) is 12.2. The van der Waals surface area contributed by atoms with Gasteiger partial charge in [0.15, 0.2) is 0 Å². The molecule has 5 rings (SSSR count). The summed E-state index contributed by atoms with van der Waals surface area (Å²) in [5, 5.41) is 7.86. The molecule has 0 amide bonds. The summed E-state index contributed by atoms with van der Waals surface area (Å²) in [6, 6.07) is 22.4. The molecule has 0 saturated carbocycles. The predicted molar refractivity (Wildman–Crippen MR) is 166 cm³/mol. The van der Waals surface area contributed by atoms with Gasteiger partial charge in [-0.15, -0.1) is 0 Å². The van der Waals surface area contributed by atoms with E-state index < -0.39 is 0 Å². The largest absolute Gasteiger partial charge is 0.384 e. The van der Waals surface area contributed by atoms with Crippen molar-refractivity contribution in [3.05, 3.63) is 107 Å². The van der Waals surface area contributed by atoms with E-state index in [-0.39, 0.29) is 12.1 Å². The molecule has 2 unspecified atom stereocenters. The fourth-order valence-corrected chi connectivity index (χ4v) is 6.40. The molecule has 2 aliphatic rings. The number of hydrogen-bond donors (Lipinski definition) is 2. The maximum Gasteiger partial charge on any atom is 0.0759 e. The van der Waals surface area contributed by atoms with Gasteiger partial charge in [-0.2, -0.15) is 0 Å². The SMILES string of the molecule is CC(C)C1=CC=C[C@@H](C(C)C)C1NC(c1cccc(-c2cccc3c2NCCC3)n1)c1ccccc1C(C)C. The van der Waals surface area contributed by atoms with E-state index in [4.69, 9.17) is 4.98 Å². The number of hydrogen-bond acceptors (Lipinski definition) is 3.